The molecule has 5 rings (SSSR count). The molecule has 9 nitrogen and oxygen atoms in total. The van der Waals surface area contributed by atoms with E-state index in [0.29, 0.717) is 41.0 Å². The highest BCUT2D eigenvalue weighted by Crippen LogP contribution is 2.34. The number of hydrogen-bond acceptors (Lipinski definition) is 6. The van der Waals surface area contributed by atoms with Gasteiger partial charge in [-0.25, -0.2) is 18.4 Å². The van der Waals surface area contributed by atoms with Gasteiger partial charge in [-0.3, -0.25) is 4.79 Å². The fourth-order valence-corrected chi connectivity index (χ4v) is 5.65. The van der Waals surface area contributed by atoms with Gasteiger partial charge in [-0.2, -0.15) is 0 Å². The van der Waals surface area contributed by atoms with Gasteiger partial charge in [0.15, 0.2) is 0 Å². The minimum Gasteiger partial charge on any atom is -0.368 e. The van der Waals surface area contributed by atoms with Crippen molar-refractivity contribution in [3.8, 4) is 23.2 Å². The summed E-state index contributed by atoms with van der Waals surface area (Å²) in [5.74, 6) is 5.98. The molecular weight excluding hydrogens is 476 g/mol. The van der Waals surface area contributed by atoms with Gasteiger partial charge in [-0.05, 0) is 48.9 Å². The van der Waals surface area contributed by atoms with E-state index in [2.05, 4.69) is 27.1 Å². The summed E-state index contributed by atoms with van der Waals surface area (Å²) >= 11 is 6.05. The highest BCUT2D eigenvalue weighted by atomic mass is 35.5. The SMILES string of the molecule is Cn1c(-c2nc(N)ncc2C#Cc2cccc(S(=O)(=O)N(Cl)C3CC3)c2)cc2c1CCNC2=O. The van der Waals surface area contributed by atoms with Crippen molar-refractivity contribution in [1.82, 2.24) is 23.7 Å². The standard InChI is InChI=1S/C23H21ClN6O3S/c1-29-19-9-10-26-22(31)18(19)12-20(29)21-15(13-27-23(25)28-21)6-5-14-3-2-4-17(11-14)34(32,33)30(24)16-7-8-16/h2-4,11-13,16H,7-10H2,1H3,(H,26,31)(H2,25,27,28). The Morgan fingerprint density at radius 1 is 1.26 bits per heavy atom. The summed E-state index contributed by atoms with van der Waals surface area (Å²) in [6.45, 7) is 0.571. The number of aromatic nitrogens is 3. The van der Waals surface area contributed by atoms with Gasteiger partial charge in [-0.1, -0.05) is 17.9 Å². The van der Waals surface area contributed by atoms with Crippen molar-refractivity contribution in [3.05, 3.63) is 58.9 Å². The Morgan fingerprint density at radius 2 is 2.06 bits per heavy atom. The van der Waals surface area contributed by atoms with Crippen molar-refractivity contribution in [2.75, 3.05) is 12.3 Å². The van der Waals surface area contributed by atoms with Crippen LogP contribution in [0.4, 0.5) is 5.95 Å². The van der Waals surface area contributed by atoms with Gasteiger partial charge in [0.25, 0.3) is 15.9 Å². The molecule has 0 bridgehead atoms. The number of halogens is 1. The number of sulfonamides is 1. The van der Waals surface area contributed by atoms with Crippen LogP contribution in [0.3, 0.4) is 0 Å². The molecule has 1 fully saturated rings. The van der Waals surface area contributed by atoms with Gasteiger partial charge in [0.2, 0.25) is 5.95 Å². The third kappa shape index (κ3) is 4.03. The summed E-state index contributed by atoms with van der Waals surface area (Å²) < 4.78 is 28.3. The maximum atomic E-state index is 12.8. The summed E-state index contributed by atoms with van der Waals surface area (Å²) in [5.41, 5.74) is 9.54. The molecule has 3 aromatic rings. The largest absolute Gasteiger partial charge is 0.368 e. The lowest BCUT2D eigenvalue weighted by Crippen LogP contribution is -2.31. The van der Waals surface area contributed by atoms with Crippen LogP contribution in [0.2, 0.25) is 0 Å². The van der Waals surface area contributed by atoms with E-state index in [1.54, 1.807) is 18.2 Å². The number of carbonyl (C=O) groups excluding carboxylic acids is 1. The smallest absolute Gasteiger partial charge is 0.256 e. The highest BCUT2D eigenvalue weighted by Gasteiger charge is 2.37. The number of nitrogens with two attached hydrogens (primary N) is 1. The first-order chi connectivity index (χ1) is 16.3. The van der Waals surface area contributed by atoms with Gasteiger partial charge >= 0.3 is 0 Å². The van der Waals surface area contributed by atoms with E-state index >= 15 is 0 Å². The molecule has 34 heavy (non-hydrogen) atoms. The Morgan fingerprint density at radius 3 is 2.79 bits per heavy atom. The van der Waals surface area contributed by atoms with E-state index < -0.39 is 10.0 Å². The number of hydrogen-bond donors (Lipinski definition) is 2. The number of amides is 1. The maximum Gasteiger partial charge on any atom is 0.256 e. The van der Waals surface area contributed by atoms with Gasteiger partial charge in [0.1, 0.15) is 5.69 Å². The zero-order valence-electron chi connectivity index (χ0n) is 18.2. The predicted molar refractivity (Wildman–Crippen MR) is 127 cm³/mol. The van der Waals surface area contributed by atoms with E-state index in [-0.39, 0.29) is 22.8 Å². The topological polar surface area (TPSA) is 123 Å². The Balaban J connectivity index is 1.53. The molecule has 0 spiro atoms. The Bertz CT molecular complexity index is 1480. The summed E-state index contributed by atoms with van der Waals surface area (Å²) in [4.78, 5) is 20.8. The predicted octanol–water partition coefficient (Wildman–Crippen LogP) is 2.06. The van der Waals surface area contributed by atoms with Crippen molar-refractivity contribution >= 4 is 33.7 Å². The molecule has 1 amide bonds. The third-order valence-electron chi connectivity index (χ3n) is 5.84. The molecule has 1 aliphatic carbocycles. The minimum absolute atomic E-state index is 0.0797. The van der Waals surface area contributed by atoms with Crippen LogP contribution in [0, 0.1) is 11.8 Å². The Hall–Kier alpha value is -3.39. The summed E-state index contributed by atoms with van der Waals surface area (Å²) in [7, 11) is -1.93. The first-order valence-electron chi connectivity index (χ1n) is 10.7. The van der Waals surface area contributed by atoms with Gasteiger partial charge in [0, 0.05) is 43.5 Å². The molecule has 0 atom stereocenters. The molecule has 1 aromatic carbocycles. The first-order valence-corrected chi connectivity index (χ1v) is 12.5. The number of nitrogens with zero attached hydrogens (tertiary/aromatic N) is 4. The van der Waals surface area contributed by atoms with Gasteiger partial charge in [-0.15, -0.1) is 3.82 Å². The number of anilines is 1. The monoisotopic (exact) mass is 496 g/mol. The number of fused-ring (bicyclic) bond motifs is 1. The van der Waals surface area contributed by atoms with E-state index in [1.165, 1.54) is 18.3 Å². The van der Waals surface area contributed by atoms with Crippen molar-refractivity contribution in [1.29, 1.82) is 0 Å². The van der Waals surface area contributed by atoms with E-state index in [4.69, 9.17) is 17.5 Å². The van der Waals surface area contributed by atoms with Crippen LogP contribution < -0.4 is 11.1 Å². The van der Waals surface area contributed by atoms with Gasteiger partial charge in [0.05, 0.1) is 21.7 Å². The molecule has 3 heterocycles. The van der Waals surface area contributed by atoms with Crippen LogP contribution in [0.15, 0.2) is 41.4 Å². The summed E-state index contributed by atoms with van der Waals surface area (Å²) in [6, 6.07) is 7.94. The number of rotatable bonds is 4. The maximum absolute atomic E-state index is 12.8. The summed E-state index contributed by atoms with van der Waals surface area (Å²) in [5, 5.41) is 2.84. The highest BCUT2D eigenvalue weighted by molar-refractivity contribution is 7.90. The zero-order chi connectivity index (χ0) is 24.0. The Labute approximate surface area is 202 Å². The van der Waals surface area contributed by atoms with Crippen molar-refractivity contribution in [3.63, 3.8) is 0 Å². The van der Waals surface area contributed by atoms with Crippen molar-refractivity contribution in [2.24, 2.45) is 7.05 Å². The quantitative estimate of drug-likeness (QED) is 0.421. The minimum atomic E-state index is -3.80. The molecule has 11 heteroatoms. The van der Waals surface area contributed by atoms with Crippen molar-refractivity contribution < 1.29 is 13.2 Å². The number of carbonyl (C=O) groups is 1. The second-order valence-electron chi connectivity index (χ2n) is 8.20. The Kier molecular flexibility index (Phi) is 5.56. The molecule has 0 radical (unpaired) electrons. The van der Waals surface area contributed by atoms with Crippen LogP contribution in [-0.4, -0.2) is 45.3 Å². The first kappa shape index (κ1) is 22.4. The van der Waals surface area contributed by atoms with E-state index in [0.717, 1.165) is 22.4 Å². The number of nitrogen functional groups attached to an aromatic ring is 1. The number of nitrogens with one attached hydrogen (secondary N) is 1. The molecule has 1 aliphatic heterocycles. The van der Waals surface area contributed by atoms with Crippen LogP contribution in [0.25, 0.3) is 11.4 Å². The second-order valence-corrected chi connectivity index (χ2v) is 10.6. The van der Waals surface area contributed by atoms with E-state index in [9.17, 15) is 13.2 Å². The van der Waals surface area contributed by atoms with Gasteiger partial charge < -0.3 is 15.6 Å². The molecular formula is C23H21ClN6O3S. The van der Waals surface area contributed by atoms with Crippen molar-refractivity contribution in [2.45, 2.75) is 30.2 Å². The lowest BCUT2D eigenvalue weighted by atomic mass is 10.1. The third-order valence-corrected chi connectivity index (χ3v) is 8.27. The fraction of sp³-hybridized carbons (Fsp3) is 0.261. The molecule has 2 aliphatic rings. The average Bonchev–Trinajstić information content (AvgIpc) is 3.62. The molecule has 1 saturated carbocycles. The van der Waals surface area contributed by atoms with E-state index in [1.807, 2.05) is 11.6 Å². The second kappa shape index (κ2) is 8.43. The molecule has 0 saturated heterocycles. The molecule has 2 aromatic heterocycles. The van der Waals surface area contributed by atoms with Crippen LogP contribution in [0.1, 0.15) is 40.0 Å². The van der Waals surface area contributed by atoms with Crippen LogP contribution >= 0.6 is 11.8 Å². The van der Waals surface area contributed by atoms with Crippen LogP contribution in [-0.2, 0) is 23.5 Å². The molecule has 3 N–H and O–H groups in total. The average molecular weight is 497 g/mol. The summed E-state index contributed by atoms with van der Waals surface area (Å²) in [6.07, 6.45) is 3.74. The zero-order valence-corrected chi connectivity index (χ0v) is 19.8. The molecule has 174 valence electrons. The number of benzene rings is 1. The lowest BCUT2D eigenvalue weighted by molar-refractivity contribution is 0.0945. The lowest BCUT2D eigenvalue weighted by Gasteiger charge is -2.14. The molecule has 0 unspecified atom stereocenters. The fourth-order valence-electron chi connectivity index (χ4n) is 3.89. The normalized spacial score (nSPS) is 15.4. The van der Waals surface area contributed by atoms with Crippen LogP contribution in [0.5, 0.6) is 0 Å².